The normalized spacial score (nSPS) is 11.8. The van der Waals surface area contributed by atoms with Crippen LogP contribution in [0.5, 0.6) is 11.5 Å². The van der Waals surface area contributed by atoms with Crippen LogP contribution < -0.4 is 9.47 Å². The van der Waals surface area contributed by atoms with Gasteiger partial charge in [-0.2, -0.15) is 0 Å². The largest absolute Gasteiger partial charge is 0.490 e. The molecule has 1 unspecified atom stereocenters. The highest BCUT2D eigenvalue weighted by Crippen LogP contribution is 2.21. The third-order valence-corrected chi connectivity index (χ3v) is 3.85. The first kappa shape index (κ1) is 18.9. The number of unbranched alkanes of at least 4 members (excludes halogenated alkanes) is 1. The van der Waals surface area contributed by atoms with Gasteiger partial charge in [-0.05, 0) is 37.1 Å². The van der Waals surface area contributed by atoms with Gasteiger partial charge < -0.3 is 9.47 Å². The zero-order valence-corrected chi connectivity index (χ0v) is 15.2. The molecule has 5 nitrogen and oxygen atoms in total. The van der Waals surface area contributed by atoms with Crippen LogP contribution in [0.25, 0.3) is 11.4 Å². The van der Waals surface area contributed by atoms with E-state index in [-0.39, 0.29) is 11.9 Å². The molecule has 2 aromatic rings. The summed E-state index contributed by atoms with van der Waals surface area (Å²) in [7, 11) is 0. The summed E-state index contributed by atoms with van der Waals surface area (Å²) in [5.74, 6) is 1.54. The van der Waals surface area contributed by atoms with Crippen molar-refractivity contribution in [1.82, 2.24) is 9.97 Å². The van der Waals surface area contributed by atoms with E-state index in [1.54, 1.807) is 24.5 Å². The number of aromatic nitrogens is 2. The summed E-state index contributed by atoms with van der Waals surface area (Å²) in [5.41, 5.74) is 0.863. The minimum Gasteiger partial charge on any atom is -0.490 e. The van der Waals surface area contributed by atoms with Gasteiger partial charge in [0.25, 0.3) is 0 Å². The van der Waals surface area contributed by atoms with Crippen LogP contribution in [0.4, 0.5) is 0 Å². The Morgan fingerprint density at radius 1 is 1.04 bits per heavy atom. The number of carbonyl (C=O) groups is 1. The molecular weight excluding hydrogens is 316 g/mol. The van der Waals surface area contributed by atoms with E-state index in [1.165, 1.54) is 0 Å². The van der Waals surface area contributed by atoms with E-state index in [0.29, 0.717) is 23.9 Å². The standard InChI is InChI=1S/C20H26N2O3/c1-4-6-12-24-18-13-21-19(22-14-18)16-8-10-17(11-9-16)25-20(23)15(3)7-5-2/h8-11,13-15H,4-7,12H2,1-3H3. The highest BCUT2D eigenvalue weighted by Gasteiger charge is 2.14. The van der Waals surface area contributed by atoms with Gasteiger partial charge in [-0.3, -0.25) is 4.79 Å². The number of nitrogens with zero attached hydrogens (tertiary/aromatic N) is 2. The van der Waals surface area contributed by atoms with Gasteiger partial charge in [0.1, 0.15) is 5.75 Å². The quantitative estimate of drug-likeness (QED) is 0.377. The summed E-state index contributed by atoms with van der Waals surface area (Å²) in [5, 5.41) is 0. The lowest BCUT2D eigenvalue weighted by Gasteiger charge is -2.10. The van der Waals surface area contributed by atoms with Crippen molar-refractivity contribution < 1.29 is 14.3 Å². The van der Waals surface area contributed by atoms with Crippen molar-refractivity contribution in [2.75, 3.05) is 6.61 Å². The number of rotatable bonds is 9. The predicted octanol–water partition coefficient (Wildman–Crippen LogP) is 4.66. The van der Waals surface area contributed by atoms with E-state index in [4.69, 9.17) is 9.47 Å². The van der Waals surface area contributed by atoms with Gasteiger partial charge in [0.05, 0.1) is 24.9 Å². The number of ether oxygens (including phenoxy) is 2. The highest BCUT2D eigenvalue weighted by molar-refractivity contribution is 5.75. The molecule has 0 aliphatic rings. The van der Waals surface area contributed by atoms with Crippen LogP contribution in [0.2, 0.25) is 0 Å². The first-order valence-corrected chi connectivity index (χ1v) is 8.91. The topological polar surface area (TPSA) is 61.3 Å². The van der Waals surface area contributed by atoms with E-state index >= 15 is 0 Å². The molecule has 1 heterocycles. The van der Waals surface area contributed by atoms with Crippen molar-refractivity contribution in [2.24, 2.45) is 5.92 Å². The molecular formula is C20H26N2O3. The van der Waals surface area contributed by atoms with Gasteiger partial charge in [-0.1, -0.05) is 33.6 Å². The Labute approximate surface area is 149 Å². The van der Waals surface area contributed by atoms with Gasteiger partial charge in [-0.15, -0.1) is 0 Å². The lowest BCUT2D eigenvalue weighted by Crippen LogP contribution is -2.17. The number of hydrogen-bond donors (Lipinski definition) is 0. The SMILES string of the molecule is CCCCOc1cnc(-c2ccc(OC(=O)C(C)CCC)cc2)nc1. The molecule has 0 saturated heterocycles. The van der Waals surface area contributed by atoms with E-state index < -0.39 is 0 Å². The lowest BCUT2D eigenvalue weighted by atomic mass is 10.1. The Bertz CT molecular complexity index is 654. The number of esters is 1. The molecule has 0 fully saturated rings. The molecule has 0 N–H and O–H groups in total. The fraction of sp³-hybridized carbons (Fsp3) is 0.450. The average Bonchev–Trinajstić information content (AvgIpc) is 2.63. The molecule has 0 aliphatic carbocycles. The molecule has 0 spiro atoms. The maximum Gasteiger partial charge on any atom is 0.314 e. The maximum atomic E-state index is 11.9. The second-order valence-electron chi connectivity index (χ2n) is 6.08. The third kappa shape index (κ3) is 5.85. The summed E-state index contributed by atoms with van der Waals surface area (Å²) in [6.45, 7) is 6.74. The summed E-state index contributed by atoms with van der Waals surface area (Å²) >= 11 is 0. The molecule has 1 aromatic carbocycles. The zero-order valence-electron chi connectivity index (χ0n) is 15.2. The summed E-state index contributed by atoms with van der Waals surface area (Å²) in [6.07, 6.45) is 7.25. The van der Waals surface area contributed by atoms with Crippen molar-refractivity contribution in [1.29, 1.82) is 0 Å². The Balaban J connectivity index is 1.96. The van der Waals surface area contributed by atoms with Crippen LogP contribution in [0.3, 0.4) is 0 Å². The van der Waals surface area contributed by atoms with Crippen LogP contribution in [0.1, 0.15) is 46.5 Å². The molecule has 0 aliphatic heterocycles. The predicted molar refractivity (Wildman–Crippen MR) is 97.6 cm³/mol. The highest BCUT2D eigenvalue weighted by atomic mass is 16.5. The molecule has 0 amide bonds. The van der Waals surface area contributed by atoms with Gasteiger partial charge in [0, 0.05) is 5.56 Å². The Morgan fingerprint density at radius 3 is 2.32 bits per heavy atom. The molecule has 25 heavy (non-hydrogen) atoms. The fourth-order valence-corrected chi connectivity index (χ4v) is 2.31. The second-order valence-corrected chi connectivity index (χ2v) is 6.08. The molecule has 1 atom stereocenters. The Hall–Kier alpha value is -2.43. The van der Waals surface area contributed by atoms with Crippen molar-refractivity contribution in [3.63, 3.8) is 0 Å². The lowest BCUT2D eigenvalue weighted by molar-refractivity contribution is -0.138. The number of hydrogen-bond acceptors (Lipinski definition) is 5. The Kier molecular flexibility index (Phi) is 7.38. The van der Waals surface area contributed by atoms with Crippen LogP contribution in [-0.2, 0) is 4.79 Å². The van der Waals surface area contributed by atoms with E-state index in [9.17, 15) is 4.79 Å². The average molecular weight is 342 g/mol. The molecule has 0 bridgehead atoms. The minimum atomic E-state index is -0.195. The number of benzene rings is 1. The zero-order chi connectivity index (χ0) is 18.1. The monoisotopic (exact) mass is 342 g/mol. The molecule has 2 rings (SSSR count). The van der Waals surface area contributed by atoms with Crippen LogP contribution in [-0.4, -0.2) is 22.5 Å². The van der Waals surface area contributed by atoms with Crippen molar-refractivity contribution in [3.8, 4) is 22.9 Å². The van der Waals surface area contributed by atoms with Gasteiger partial charge in [-0.25, -0.2) is 9.97 Å². The summed E-state index contributed by atoms with van der Waals surface area (Å²) in [6, 6.07) is 7.22. The third-order valence-electron chi connectivity index (χ3n) is 3.85. The van der Waals surface area contributed by atoms with Crippen LogP contribution in [0, 0.1) is 5.92 Å². The second kappa shape index (κ2) is 9.77. The van der Waals surface area contributed by atoms with Crippen LogP contribution in [0.15, 0.2) is 36.7 Å². The fourth-order valence-electron chi connectivity index (χ4n) is 2.31. The molecule has 134 valence electrons. The van der Waals surface area contributed by atoms with Crippen molar-refractivity contribution in [2.45, 2.75) is 46.5 Å². The van der Waals surface area contributed by atoms with Crippen molar-refractivity contribution in [3.05, 3.63) is 36.7 Å². The van der Waals surface area contributed by atoms with Gasteiger partial charge >= 0.3 is 5.97 Å². The van der Waals surface area contributed by atoms with E-state index in [2.05, 4.69) is 23.8 Å². The number of carbonyl (C=O) groups excluding carboxylic acids is 1. The van der Waals surface area contributed by atoms with Gasteiger partial charge in [0.15, 0.2) is 11.6 Å². The summed E-state index contributed by atoms with van der Waals surface area (Å²) < 4.78 is 11.0. The molecule has 5 heteroatoms. The summed E-state index contributed by atoms with van der Waals surface area (Å²) in [4.78, 5) is 20.6. The van der Waals surface area contributed by atoms with Crippen molar-refractivity contribution >= 4 is 5.97 Å². The van der Waals surface area contributed by atoms with E-state index in [1.807, 2.05) is 19.1 Å². The maximum absolute atomic E-state index is 11.9. The first-order chi connectivity index (χ1) is 12.1. The first-order valence-electron chi connectivity index (χ1n) is 8.91. The van der Waals surface area contributed by atoms with Crippen LogP contribution >= 0.6 is 0 Å². The molecule has 0 radical (unpaired) electrons. The molecule has 0 saturated carbocycles. The van der Waals surface area contributed by atoms with E-state index in [0.717, 1.165) is 31.2 Å². The van der Waals surface area contributed by atoms with Gasteiger partial charge in [0.2, 0.25) is 0 Å². The Morgan fingerprint density at radius 2 is 1.72 bits per heavy atom. The smallest absolute Gasteiger partial charge is 0.314 e. The minimum absolute atomic E-state index is 0.0896. The molecule has 1 aromatic heterocycles.